The van der Waals surface area contributed by atoms with Crippen molar-refractivity contribution in [2.45, 2.75) is 25.8 Å². The van der Waals surface area contributed by atoms with Crippen LogP contribution >= 0.6 is 0 Å². The van der Waals surface area contributed by atoms with Gasteiger partial charge in [0.15, 0.2) is 0 Å². The summed E-state index contributed by atoms with van der Waals surface area (Å²) in [6, 6.07) is 22.0. The first-order chi connectivity index (χ1) is 15.5. The van der Waals surface area contributed by atoms with Crippen molar-refractivity contribution in [3.8, 4) is 0 Å². The minimum atomic E-state index is -0.732. The van der Waals surface area contributed by atoms with E-state index in [1.165, 1.54) is 29.2 Å². The second-order valence-electron chi connectivity index (χ2n) is 7.83. The average Bonchev–Trinajstić information content (AvgIpc) is 3.08. The molecule has 0 saturated carbocycles. The van der Waals surface area contributed by atoms with Crippen molar-refractivity contribution in [1.82, 2.24) is 4.90 Å². The van der Waals surface area contributed by atoms with Crippen LogP contribution in [0.25, 0.3) is 5.76 Å². The Labute approximate surface area is 186 Å². The van der Waals surface area contributed by atoms with E-state index in [1.54, 1.807) is 0 Å². The average molecular weight is 429 g/mol. The molecular formula is C27H24FNO3. The molecular weight excluding hydrogens is 405 g/mol. The fourth-order valence-corrected chi connectivity index (χ4v) is 4.05. The van der Waals surface area contributed by atoms with Gasteiger partial charge in [0, 0.05) is 12.1 Å². The summed E-state index contributed by atoms with van der Waals surface area (Å²) in [6.07, 6.45) is 1.44. The van der Waals surface area contributed by atoms with Crippen molar-refractivity contribution in [3.05, 3.63) is 113 Å². The smallest absolute Gasteiger partial charge is 0.295 e. The van der Waals surface area contributed by atoms with Crippen LogP contribution in [0.4, 0.5) is 4.39 Å². The lowest BCUT2D eigenvalue weighted by atomic mass is 9.94. The molecule has 0 bridgehead atoms. The Morgan fingerprint density at radius 3 is 2.19 bits per heavy atom. The minimum absolute atomic E-state index is 0.0268. The zero-order valence-electron chi connectivity index (χ0n) is 17.8. The van der Waals surface area contributed by atoms with Crippen LogP contribution in [0.15, 0.2) is 84.4 Å². The largest absolute Gasteiger partial charge is 0.507 e. The maximum atomic E-state index is 13.4. The van der Waals surface area contributed by atoms with Gasteiger partial charge >= 0.3 is 0 Å². The molecule has 0 radical (unpaired) electrons. The second-order valence-corrected chi connectivity index (χ2v) is 7.83. The molecule has 1 saturated heterocycles. The van der Waals surface area contributed by atoms with Crippen LogP contribution in [0, 0.1) is 5.82 Å². The third-order valence-electron chi connectivity index (χ3n) is 5.85. The zero-order valence-corrected chi connectivity index (χ0v) is 17.8. The first-order valence-electron chi connectivity index (χ1n) is 10.7. The van der Waals surface area contributed by atoms with Gasteiger partial charge in [-0.1, -0.05) is 61.5 Å². The highest BCUT2D eigenvalue weighted by molar-refractivity contribution is 6.46. The van der Waals surface area contributed by atoms with Crippen LogP contribution < -0.4 is 0 Å². The first-order valence-corrected chi connectivity index (χ1v) is 10.7. The summed E-state index contributed by atoms with van der Waals surface area (Å²) < 4.78 is 13.4. The number of aryl methyl sites for hydroxylation is 1. The van der Waals surface area contributed by atoms with E-state index in [4.69, 9.17) is 0 Å². The van der Waals surface area contributed by atoms with Gasteiger partial charge in [-0.2, -0.15) is 0 Å². The molecule has 3 aromatic rings. The molecule has 0 aliphatic carbocycles. The molecule has 1 fully saturated rings. The van der Waals surface area contributed by atoms with Crippen LogP contribution in [0.2, 0.25) is 0 Å². The molecule has 32 heavy (non-hydrogen) atoms. The maximum Gasteiger partial charge on any atom is 0.295 e. The fourth-order valence-electron chi connectivity index (χ4n) is 4.05. The number of Topliss-reactive ketones (excluding diaryl/α,β-unsaturated/α-hetero) is 1. The van der Waals surface area contributed by atoms with Gasteiger partial charge in [-0.05, 0) is 53.8 Å². The number of hydrogen-bond acceptors (Lipinski definition) is 3. The van der Waals surface area contributed by atoms with Gasteiger partial charge in [0.1, 0.15) is 11.6 Å². The summed E-state index contributed by atoms with van der Waals surface area (Å²) in [5, 5.41) is 11.0. The number of hydrogen-bond donors (Lipinski definition) is 1. The van der Waals surface area contributed by atoms with E-state index in [9.17, 15) is 19.1 Å². The molecule has 162 valence electrons. The van der Waals surface area contributed by atoms with Gasteiger partial charge in [-0.15, -0.1) is 0 Å². The molecule has 1 unspecified atom stereocenters. The number of benzene rings is 3. The van der Waals surface area contributed by atoms with E-state index in [0.29, 0.717) is 18.5 Å². The summed E-state index contributed by atoms with van der Waals surface area (Å²) >= 11 is 0. The van der Waals surface area contributed by atoms with E-state index in [1.807, 2.05) is 54.6 Å². The summed E-state index contributed by atoms with van der Waals surface area (Å²) in [4.78, 5) is 27.6. The van der Waals surface area contributed by atoms with Gasteiger partial charge in [-0.25, -0.2) is 4.39 Å². The van der Waals surface area contributed by atoms with Gasteiger partial charge in [0.05, 0.1) is 11.6 Å². The van der Waals surface area contributed by atoms with Crippen molar-refractivity contribution < 1.29 is 19.1 Å². The lowest BCUT2D eigenvalue weighted by Crippen LogP contribution is -2.31. The fraction of sp³-hybridized carbons (Fsp3) is 0.185. The van der Waals surface area contributed by atoms with E-state index >= 15 is 0 Å². The number of carbonyl (C=O) groups is 2. The van der Waals surface area contributed by atoms with Gasteiger partial charge in [-0.3, -0.25) is 9.59 Å². The topological polar surface area (TPSA) is 57.6 Å². The number of aliphatic hydroxyl groups is 1. The SMILES string of the molecule is CCc1ccc(C2/C(=C(\O)c3ccc(F)cc3)C(=O)C(=O)N2CCc2ccccc2)cc1. The van der Waals surface area contributed by atoms with Crippen molar-refractivity contribution >= 4 is 17.4 Å². The van der Waals surface area contributed by atoms with E-state index < -0.39 is 23.5 Å². The number of nitrogens with zero attached hydrogens (tertiary/aromatic N) is 1. The van der Waals surface area contributed by atoms with Crippen molar-refractivity contribution in [3.63, 3.8) is 0 Å². The zero-order chi connectivity index (χ0) is 22.7. The number of amides is 1. The Morgan fingerprint density at radius 1 is 0.906 bits per heavy atom. The van der Waals surface area contributed by atoms with Crippen LogP contribution in [0.3, 0.4) is 0 Å². The van der Waals surface area contributed by atoms with Gasteiger partial charge in [0.2, 0.25) is 0 Å². The molecule has 1 N–H and O–H groups in total. The normalized spacial score (nSPS) is 17.7. The van der Waals surface area contributed by atoms with Crippen LogP contribution in [0.5, 0.6) is 0 Å². The number of likely N-dealkylation sites (tertiary alicyclic amines) is 1. The number of carbonyl (C=O) groups excluding carboxylic acids is 2. The van der Waals surface area contributed by atoms with Crippen molar-refractivity contribution in [1.29, 1.82) is 0 Å². The molecule has 5 heteroatoms. The van der Waals surface area contributed by atoms with Crippen LogP contribution in [0.1, 0.15) is 35.2 Å². The molecule has 1 atom stereocenters. The molecule has 1 heterocycles. The Balaban J connectivity index is 1.77. The van der Waals surface area contributed by atoms with Gasteiger partial charge < -0.3 is 10.0 Å². The summed E-state index contributed by atoms with van der Waals surface area (Å²) in [5.41, 5.74) is 3.25. The highest BCUT2D eigenvalue weighted by atomic mass is 19.1. The Kier molecular flexibility index (Phi) is 6.17. The number of halogens is 1. The molecule has 3 aromatic carbocycles. The molecule has 1 aliphatic rings. The third-order valence-corrected chi connectivity index (χ3v) is 5.85. The number of aliphatic hydroxyl groups excluding tert-OH is 1. The molecule has 1 aliphatic heterocycles. The van der Waals surface area contributed by atoms with Gasteiger partial charge in [0.25, 0.3) is 11.7 Å². The summed E-state index contributed by atoms with van der Waals surface area (Å²) in [6.45, 7) is 2.38. The molecule has 4 nitrogen and oxygen atoms in total. The lowest BCUT2D eigenvalue weighted by Gasteiger charge is -2.25. The van der Waals surface area contributed by atoms with E-state index in [2.05, 4.69) is 6.92 Å². The highest BCUT2D eigenvalue weighted by Gasteiger charge is 2.45. The monoisotopic (exact) mass is 429 g/mol. The Bertz CT molecular complexity index is 1150. The maximum absolute atomic E-state index is 13.4. The second kappa shape index (κ2) is 9.18. The third kappa shape index (κ3) is 4.19. The molecule has 0 aromatic heterocycles. The lowest BCUT2D eigenvalue weighted by molar-refractivity contribution is -0.139. The standard InChI is InChI=1S/C27H24FNO3/c1-2-18-8-10-20(11-9-18)24-23(25(30)21-12-14-22(28)15-13-21)26(31)27(32)29(24)17-16-19-6-4-3-5-7-19/h3-15,24,30H,2,16-17H2,1H3/b25-23+. The van der Waals surface area contributed by atoms with Crippen LogP contribution in [-0.4, -0.2) is 28.2 Å². The Morgan fingerprint density at radius 2 is 1.56 bits per heavy atom. The van der Waals surface area contributed by atoms with E-state index in [-0.39, 0.29) is 11.3 Å². The quantitative estimate of drug-likeness (QED) is 0.339. The van der Waals surface area contributed by atoms with Crippen molar-refractivity contribution in [2.75, 3.05) is 6.54 Å². The minimum Gasteiger partial charge on any atom is -0.507 e. The highest BCUT2D eigenvalue weighted by Crippen LogP contribution is 2.39. The summed E-state index contributed by atoms with van der Waals surface area (Å²) in [5.74, 6) is -2.12. The molecule has 0 spiro atoms. The number of rotatable bonds is 6. The van der Waals surface area contributed by atoms with E-state index in [0.717, 1.165) is 23.1 Å². The Hall–Kier alpha value is -3.73. The first kappa shape index (κ1) is 21.5. The summed E-state index contributed by atoms with van der Waals surface area (Å²) in [7, 11) is 0. The van der Waals surface area contributed by atoms with Crippen LogP contribution in [-0.2, 0) is 22.4 Å². The predicted octanol–water partition coefficient (Wildman–Crippen LogP) is 5.05. The van der Waals surface area contributed by atoms with Crippen molar-refractivity contribution in [2.24, 2.45) is 0 Å². The predicted molar refractivity (Wildman–Crippen MR) is 121 cm³/mol. The molecule has 1 amide bonds. The molecule has 4 rings (SSSR count). The number of ketones is 1.